The summed E-state index contributed by atoms with van der Waals surface area (Å²) < 4.78 is 0. The number of thioether (sulfide) groups is 2. The monoisotopic (exact) mass is 754 g/mol. The molecular weight excluding hydrogens is 717 g/mol. The van der Waals surface area contributed by atoms with E-state index in [0.717, 1.165) is 33.3 Å². The van der Waals surface area contributed by atoms with Crippen molar-refractivity contribution in [2.24, 2.45) is 0 Å². The van der Waals surface area contributed by atoms with Gasteiger partial charge in [0.15, 0.2) is 0 Å². The maximum Gasteiger partial charge on any atom is 0.251 e. The van der Waals surface area contributed by atoms with E-state index in [0.29, 0.717) is 22.3 Å². The first-order valence-electron chi connectivity index (χ1n) is 17.0. The van der Waals surface area contributed by atoms with Crippen molar-refractivity contribution in [1.82, 2.24) is 10.6 Å². The second-order valence-electron chi connectivity index (χ2n) is 11.8. The Labute approximate surface area is 322 Å². The molecule has 10 heteroatoms. The zero-order valence-electron chi connectivity index (χ0n) is 29.0. The second kappa shape index (κ2) is 20.5. The molecule has 0 aliphatic carbocycles. The Hall–Kier alpha value is -5.78. The van der Waals surface area contributed by atoms with E-state index < -0.39 is 34.5 Å². The van der Waals surface area contributed by atoms with Crippen molar-refractivity contribution in [3.05, 3.63) is 204 Å². The molecule has 2 amide bonds. The summed E-state index contributed by atoms with van der Waals surface area (Å²) in [6, 6.07) is 52.0. The largest absolute Gasteiger partial charge is 0.382 e. The summed E-state index contributed by atoms with van der Waals surface area (Å²) in [6.07, 6.45) is -2.77. The molecule has 0 bridgehead atoms. The maximum atomic E-state index is 12.6. The van der Waals surface area contributed by atoms with E-state index in [1.807, 2.05) is 60.7 Å². The third kappa shape index (κ3) is 11.6. The molecule has 6 aromatic rings. The highest BCUT2D eigenvalue weighted by Gasteiger charge is 2.31. The lowest BCUT2D eigenvalue weighted by Gasteiger charge is -2.23. The Balaban J connectivity index is 0.000000208. The standard InChI is InChI=1S/2C22H19NO3S/c2*24-20(22(26)27-18-14-8-3-9-15-18)19(16-10-4-1-5-11-16)23-21(25)17-12-6-2-7-13-17/h2*1-15,19-20,24H,(H,23,25). The van der Waals surface area contributed by atoms with Crippen LogP contribution in [0.5, 0.6) is 0 Å². The van der Waals surface area contributed by atoms with Crippen molar-refractivity contribution in [2.45, 2.75) is 34.1 Å². The Morgan fingerprint density at radius 3 is 0.944 bits per heavy atom. The maximum absolute atomic E-state index is 12.6. The number of carbonyl (C=O) groups excluding carboxylic acids is 4. The molecule has 4 unspecified atom stereocenters. The van der Waals surface area contributed by atoms with E-state index in [9.17, 15) is 29.4 Å². The van der Waals surface area contributed by atoms with Gasteiger partial charge in [-0.15, -0.1) is 0 Å². The van der Waals surface area contributed by atoms with Gasteiger partial charge in [0, 0.05) is 20.9 Å². The van der Waals surface area contributed by atoms with Gasteiger partial charge in [-0.2, -0.15) is 0 Å². The number of rotatable bonds is 12. The second-order valence-corrected chi connectivity index (χ2v) is 14.0. The number of carbonyl (C=O) groups is 4. The summed E-state index contributed by atoms with van der Waals surface area (Å²) in [7, 11) is 0. The molecule has 0 spiro atoms. The van der Waals surface area contributed by atoms with Crippen molar-refractivity contribution < 1.29 is 29.4 Å². The van der Waals surface area contributed by atoms with Crippen molar-refractivity contribution >= 4 is 45.6 Å². The summed E-state index contributed by atoms with van der Waals surface area (Å²) in [5.74, 6) is -0.693. The van der Waals surface area contributed by atoms with Crippen LogP contribution < -0.4 is 10.6 Å². The van der Waals surface area contributed by atoms with Crippen molar-refractivity contribution in [1.29, 1.82) is 0 Å². The number of hydrogen-bond donors (Lipinski definition) is 4. The number of amides is 2. The van der Waals surface area contributed by atoms with Crippen molar-refractivity contribution in [3.8, 4) is 0 Å². The summed E-state index contributed by atoms with van der Waals surface area (Å²) >= 11 is 1.91. The first-order chi connectivity index (χ1) is 26.3. The molecule has 0 heterocycles. The van der Waals surface area contributed by atoms with E-state index in [2.05, 4.69) is 10.6 Å². The molecule has 4 N–H and O–H groups in total. The molecule has 8 nitrogen and oxygen atoms in total. The van der Waals surface area contributed by atoms with Crippen LogP contribution in [0.15, 0.2) is 192 Å². The van der Waals surface area contributed by atoms with E-state index >= 15 is 0 Å². The first kappa shape index (κ1) is 39.4. The molecule has 54 heavy (non-hydrogen) atoms. The molecule has 0 aromatic heterocycles. The van der Waals surface area contributed by atoms with E-state index in [1.165, 1.54) is 0 Å². The lowest BCUT2D eigenvalue weighted by atomic mass is 10.0. The summed E-state index contributed by atoms with van der Waals surface area (Å²) in [5, 5.41) is 26.1. The van der Waals surface area contributed by atoms with Crippen LogP contribution in [-0.4, -0.2) is 44.5 Å². The van der Waals surface area contributed by atoms with Gasteiger partial charge >= 0.3 is 0 Å². The fraction of sp³-hybridized carbons (Fsp3) is 0.0909. The molecule has 0 fully saturated rings. The highest BCUT2D eigenvalue weighted by Crippen LogP contribution is 2.28. The average Bonchev–Trinajstić information content (AvgIpc) is 3.23. The minimum absolute atomic E-state index is 0.346. The summed E-state index contributed by atoms with van der Waals surface area (Å²) in [5.41, 5.74) is 2.26. The molecule has 6 aromatic carbocycles. The number of benzene rings is 6. The number of hydrogen-bond acceptors (Lipinski definition) is 8. The fourth-order valence-electron chi connectivity index (χ4n) is 5.24. The van der Waals surface area contributed by atoms with Crippen LogP contribution in [0.3, 0.4) is 0 Å². The van der Waals surface area contributed by atoms with Gasteiger partial charge in [0.1, 0.15) is 12.2 Å². The Morgan fingerprint density at radius 2 is 0.648 bits per heavy atom. The van der Waals surface area contributed by atoms with Gasteiger partial charge in [-0.1, -0.05) is 133 Å². The molecule has 0 saturated carbocycles. The molecule has 6 rings (SSSR count). The first-order valence-corrected chi connectivity index (χ1v) is 18.6. The van der Waals surface area contributed by atoms with E-state index in [4.69, 9.17) is 0 Å². The van der Waals surface area contributed by atoms with E-state index in [1.54, 1.807) is 121 Å². The third-order valence-corrected chi connectivity index (χ3v) is 9.90. The predicted molar refractivity (Wildman–Crippen MR) is 213 cm³/mol. The molecule has 0 radical (unpaired) electrons. The Morgan fingerprint density at radius 1 is 0.389 bits per heavy atom. The molecular formula is C44H38N2O6S2. The third-order valence-electron chi connectivity index (χ3n) is 8.00. The van der Waals surface area contributed by atoms with Gasteiger partial charge in [-0.3, -0.25) is 19.2 Å². The van der Waals surface area contributed by atoms with Crippen LogP contribution in [-0.2, 0) is 9.59 Å². The normalized spacial score (nSPS) is 12.8. The van der Waals surface area contributed by atoms with Crippen LogP contribution in [0.1, 0.15) is 43.9 Å². The lowest BCUT2D eigenvalue weighted by molar-refractivity contribution is -0.120. The quantitative estimate of drug-likeness (QED) is 0.0937. The zero-order valence-corrected chi connectivity index (χ0v) is 30.6. The van der Waals surface area contributed by atoms with Crippen LogP contribution in [0.4, 0.5) is 0 Å². The number of aliphatic hydroxyl groups is 2. The van der Waals surface area contributed by atoms with Crippen molar-refractivity contribution in [2.75, 3.05) is 0 Å². The Kier molecular flexibility index (Phi) is 14.9. The molecule has 0 aliphatic heterocycles. The topological polar surface area (TPSA) is 133 Å². The predicted octanol–water partition coefficient (Wildman–Crippen LogP) is 7.68. The number of nitrogens with one attached hydrogen (secondary N) is 2. The van der Waals surface area contributed by atoms with Crippen LogP contribution >= 0.6 is 23.5 Å². The Bertz CT molecular complexity index is 1920. The molecule has 4 atom stereocenters. The zero-order chi connectivity index (χ0) is 38.1. The van der Waals surface area contributed by atoms with Gasteiger partial charge in [0.25, 0.3) is 11.8 Å². The number of aliphatic hydroxyl groups excluding tert-OH is 2. The van der Waals surface area contributed by atoms with Crippen LogP contribution in [0.25, 0.3) is 0 Å². The fourth-order valence-corrected chi connectivity index (χ4v) is 6.81. The SMILES string of the molecule is O=C(NC(c1ccccc1)C(O)C(=O)Sc1ccccc1)c1ccccc1.O=C(NC(c1ccccc1)C(O)C(=O)Sc1ccccc1)c1ccccc1. The summed E-state index contributed by atoms with van der Waals surface area (Å²) in [4.78, 5) is 51.8. The smallest absolute Gasteiger partial charge is 0.251 e. The van der Waals surface area contributed by atoms with Crippen LogP contribution in [0, 0.1) is 0 Å². The minimum atomic E-state index is -1.38. The van der Waals surface area contributed by atoms with Gasteiger partial charge in [0.2, 0.25) is 10.2 Å². The summed E-state index contributed by atoms with van der Waals surface area (Å²) in [6.45, 7) is 0. The average molecular weight is 755 g/mol. The minimum Gasteiger partial charge on any atom is -0.382 e. The highest BCUT2D eigenvalue weighted by molar-refractivity contribution is 8.14. The van der Waals surface area contributed by atoms with Gasteiger partial charge in [-0.05, 0) is 83.2 Å². The molecule has 272 valence electrons. The van der Waals surface area contributed by atoms with Gasteiger partial charge < -0.3 is 20.8 Å². The highest BCUT2D eigenvalue weighted by atomic mass is 32.2. The van der Waals surface area contributed by atoms with Crippen LogP contribution in [0.2, 0.25) is 0 Å². The molecule has 0 aliphatic rings. The molecule has 0 saturated heterocycles. The van der Waals surface area contributed by atoms with Gasteiger partial charge in [-0.25, -0.2) is 0 Å². The lowest BCUT2D eigenvalue weighted by Crippen LogP contribution is -2.39. The van der Waals surface area contributed by atoms with Crippen molar-refractivity contribution in [3.63, 3.8) is 0 Å². The van der Waals surface area contributed by atoms with E-state index in [-0.39, 0.29) is 11.8 Å². The van der Waals surface area contributed by atoms with Gasteiger partial charge in [0.05, 0.1) is 12.1 Å².